The highest BCUT2D eigenvalue weighted by molar-refractivity contribution is 7.08. The van der Waals surface area contributed by atoms with E-state index in [-0.39, 0.29) is 5.91 Å². The molecule has 0 fully saturated rings. The van der Waals surface area contributed by atoms with Crippen LogP contribution in [0.3, 0.4) is 0 Å². The van der Waals surface area contributed by atoms with E-state index in [9.17, 15) is 4.79 Å². The molecule has 0 unspecified atom stereocenters. The summed E-state index contributed by atoms with van der Waals surface area (Å²) in [7, 11) is 3.46. The highest BCUT2D eigenvalue weighted by Gasteiger charge is 2.11. The Morgan fingerprint density at radius 1 is 1.29 bits per heavy atom. The second kappa shape index (κ2) is 4.67. The predicted octanol–water partition coefficient (Wildman–Crippen LogP) is 2.82. The summed E-state index contributed by atoms with van der Waals surface area (Å²) >= 11 is 1.65. The molecular weight excluding hydrogens is 232 g/mol. The molecule has 1 amide bonds. The second-order valence-electron chi connectivity index (χ2n) is 4.08. The van der Waals surface area contributed by atoms with Crippen LogP contribution in [0.1, 0.15) is 16.1 Å². The quantitative estimate of drug-likeness (QED) is 0.816. The molecular formula is C13H14N2OS. The Labute approximate surface area is 105 Å². The number of hydrogen-bond donors (Lipinski definition) is 0. The number of nitrogens with zero attached hydrogens (tertiary/aromatic N) is 2. The summed E-state index contributed by atoms with van der Waals surface area (Å²) < 4.78 is 0. The van der Waals surface area contributed by atoms with Crippen molar-refractivity contribution in [2.24, 2.45) is 0 Å². The molecule has 2 aromatic rings. The molecule has 3 nitrogen and oxygen atoms in total. The van der Waals surface area contributed by atoms with Gasteiger partial charge in [-0.15, -0.1) is 0 Å². The zero-order valence-electron chi connectivity index (χ0n) is 10.1. The molecule has 2 aromatic heterocycles. The normalized spacial score (nSPS) is 10.3. The number of amides is 1. The number of rotatable bonds is 2. The highest BCUT2D eigenvalue weighted by atomic mass is 32.1. The van der Waals surface area contributed by atoms with E-state index in [4.69, 9.17) is 0 Å². The van der Waals surface area contributed by atoms with Crippen LogP contribution < -0.4 is 0 Å². The van der Waals surface area contributed by atoms with Crippen LogP contribution in [0.4, 0.5) is 0 Å². The summed E-state index contributed by atoms with van der Waals surface area (Å²) in [5.41, 5.74) is 3.63. The van der Waals surface area contributed by atoms with Crippen molar-refractivity contribution in [2.45, 2.75) is 6.92 Å². The van der Waals surface area contributed by atoms with E-state index in [0.29, 0.717) is 5.69 Å². The zero-order chi connectivity index (χ0) is 12.4. The Morgan fingerprint density at radius 2 is 2.06 bits per heavy atom. The van der Waals surface area contributed by atoms with Gasteiger partial charge in [-0.05, 0) is 30.0 Å². The van der Waals surface area contributed by atoms with Gasteiger partial charge in [0, 0.05) is 25.0 Å². The minimum Gasteiger partial charge on any atom is -0.343 e. The van der Waals surface area contributed by atoms with Gasteiger partial charge in [-0.1, -0.05) is 6.07 Å². The van der Waals surface area contributed by atoms with Crippen molar-refractivity contribution < 1.29 is 4.79 Å². The molecule has 17 heavy (non-hydrogen) atoms. The lowest BCUT2D eigenvalue weighted by atomic mass is 10.1. The number of aromatic nitrogens is 1. The third kappa shape index (κ3) is 2.36. The Kier molecular flexibility index (Phi) is 3.24. The number of thiophene rings is 1. The van der Waals surface area contributed by atoms with Crippen molar-refractivity contribution >= 4 is 17.2 Å². The van der Waals surface area contributed by atoms with Crippen LogP contribution >= 0.6 is 11.3 Å². The average Bonchev–Trinajstić information content (AvgIpc) is 2.74. The van der Waals surface area contributed by atoms with Gasteiger partial charge >= 0.3 is 0 Å². The van der Waals surface area contributed by atoms with E-state index in [1.165, 1.54) is 10.5 Å². The van der Waals surface area contributed by atoms with Crippen molar-refractivity contribution in [2.75, 3.05) is 14.1 Å². The number of pyridine rings is 1. The fraction of sp³-hybridized carbons (Fsp3) is 0.231. The average molecular weight is 246 g/mol. The minimum atomic E-state index is -0.0697. The Hall–Kier alpha value is -1.68. The van der Waals surface area contributed by atoms with Gasteiger partial charge in [0.15, 0.2) is 0 Å². The van der Waals surface area contributed by atoms with E-state index >= 15 is 0 Å². The highest BCUT2D eigenvalue weighted by Crippen LogP contribution is 2.25. The maximum Gasteiger partial charge on any atom is 0.271 e. The first-order valence-electron chi connectivity index (χ1n) is 5.31. The number of carbonyl (C=O) groups is 1. The van der Waals surface area contributed by atoms with E-state index in [1.54, 1.807) is 31.5 Å². The Bertz CT molecular complexity index is 546. The molecule has 0 atom stereocenters. The summed E-state index contributed by atoms with van der Waals surface area (Å²) in [4.78, 5) is 17.8. The van der Waals surface area contributed by atoms with E-state index in [1.807, 2.05) is 19.1 Å². The minimum absolute atomic E-state index is 0.0697. The SMILES string of the molecule is Cc1cscc1-c1cccc(C(=O)N(C)C)n1. The van der Waals surface area contributed by atoms with Crippen LogP contribution in [0.25, 0.3) is 11.3 Å². The van der Waals surface area contributed by atoms with Gasteiger partial charge in [-0.25, -0.2) is 4.98 Å². The van der Waals surface area contributed by atoms with Crippen LogP contribution in [0.15, 0.2) is 29.0 Å². The summed E-state index contributed by atoms with van der Waals surface area (Å²) in [6.07, 6.45) is 0. The Morgan fingerprint density at radius 3 is 2.65 bits per heavy atom. The smallest absolute Gasteiger partial charge is 0.271 e. The third-order valence-corrected chi connectivity index (χ3v) is 3.37. The van der Waals surface area contributed by atoms with Crippen molar-refractivity contribution in [3.05, 3.63) is 40.2 Å². The van der Waals surface area contributed by atoms with Crippen LogP contribution in [-0.4, -0.2) is 29.9 Å². The van der Waals surface area contributed by atoms with Crippen molar-refractivity contribution in [1.82, 2.24) is 9.88 Å². The van der Waals surface area contributed by atoms with Gasteiger partial charge in [-0.3, -0.25) is 4.79 Å². The molecule has 0 bridgehead atoms. The molecule has 0 saturated carbocycles. The van der Waals surface area contributed by atoms with Crippen LogP contribution in [0.5, 0.6) is 0 Å². The molecule has 0 aliphatic carbocycles. The molecule has 0 aliphatic rings. The number of hydrogen-bond acceptors (Lipinski definition) is 3. The van der Waals surface area contributed by atoms with Crippen molar-refractivity contribution in [1.29, 1.82) is 0 Å². The number of aryl methyl sites for hydroxylation is 1. The lowest BCUT2D eigenvalue weighted by Crippen LogP contribution is -2.22. The summed E-state index contributed by atoms with van der Waals surface area (Å²) in [5.74, 6) is -0.0697. The van der Waals surface area contributed by atoms with Crippen LogP contribution in [-0.2, 0) is 0 Å². The third-order valence-electron chi connectivity index (χ3n) is 2.51. The first-order valence-corrected chi connectivity index (χ1v) is 6.25. The summed E-state index contributed by atoms with van der Waals surface area (Å²) in [6, 6.07) is 5.55. The molecule has 4 heteroatoms. The van der Waals surface area contributed by atoms with Gasteiger partial charge in [-0.2, -0.15) is 11.3 Å². The fourth-order valence-corrected chi connectivity index (χ4v) is 2.40. The summed E-state index contributed by atoms with van der Waals surface area (Å²) in [5, 5.41) is 4.14. The fourth-order valence-electron chi connectivity index (χ4n) is 1.56. The topological polar surface area (TPSA) is 33.2 Å². The molecule has 0 N–H and O–H groups in total. The molecule has 0 spiro atoms. The Balaban J connectivity index is 2.42. The van der Waals surface area contributed by atoms with E-state index < -0.39 is 0 Å². The second-order valence-corrected chi connectivity index (χ2v) is 4.82. The predicted molar refractivity (Wildman–Crippen MR) is 70.3 cm³/mol. The van der Waals surface area contributed by atoms with Crippen LogP contribution in [0.2, 0.25) is 0 Å². The standard InChI is InChI=1S/C13H14N2OS/c1-9-7-17-8-10(9)11-5-4-6-12(14-11)13(16)15(2)3/h4-8H,1-3H3. The first-order chi connectivity index (χ1) is 8.09. The van der Waals surface area contributed by atoms with E-state index in [2.05, 4.69) is 15.7 Å². The van der Waals surface area contributed by atoms with E-state index in [0.717, 1.165) is 11.3 Å². The first kappa shape index (κ1) is 11.8. The maximum absolute atomic E-state index is 11.8. The van der Waals surface area contributed by atoms with Gasteiger partial charge in [0.1, 0.15) is 5.69 Å². The van der Waals surface area contributed by atoms with Gasteiger partial charge in [0.2, 0.25) is 0 Å². The van der Waals surface area contributed by atoms with Crippen molar-refractivity contribution in [3.63, 3.8) is 0 Å². The van der Waals surface area contributed by atoms with Gasteiger partial charge in [0.05, 0.1) is 5.69 Å². The number of carbonyl (C=O) groups excluding carboxylic acids is 1. The van der Waals surface area contributed by atoms with Crippen LogP contribution in [0, 0.1) is 6.92 Å². The lowest BCUT2D eigenvalue weighted by Gasteiger charge is -2.10. The van der Waals surface area contributed by atoms with Gasteiger partial charge in [0.25, 0.3) is 5.91 Å². The lowest BCUT2D eigenvalue weighted by molar-refractivity contribution is 0.0822. The zero-order valence-corrected chi connectivity index (χ0v) is 10.9. The molecule has 0 aromatic carbocycles. The summed E-state index contributed by atoms with van der Waals surface area (Å²) in [6.45, 7) is 2.05. The molecule has 88 valence electrons. The van der Waals surface area contributed by atoms with Gasteiger partial charge < -0.3 is 4.90 Å². The largest absolute Gasteiger partial charge is 0.343 e. The molecule has 0 radical (unpaired) electrons. The maximum atomic E-state index is 11.8. The van der Waals surface area contributed by atoms with Crippen molar-refractivity contribution in [3.8, 4) is 11.3 Å². The molecule has 0 aliphatic heterocycles. The monoisotopic (exact) mass is 246 g/mol. The molecule has 0 saturated heterocycles. The molecule has 2 heterocycles. The molecule has 2 rings (SSSR count).